The van der Waals surface area contributed by atoms with Crippen molar-refractivity contribution in [3.05, 3.63) is 21.1 Å². The molecule has 0 aliphatic heterocycles. The SMILES string of the molecule is CCCC(COc1cc(Br)c(OC)cc1Br)CS(=O)(=O)Cl. The number of ether oxygens (including phenoxy) is 2. The van der Waals surface area contributed by atoms with Gasteiger partial charge in [-0.3, -0.25) is 0 Å². The average Bonchev–Trinajstić information content (AvgIpc) is 2.37. The summed E-state index contributed by atoms with van der Waals surface area (Å²) >= 11 is 6.79. The second-order valence-corrected chi connectivity index (χ2v) is 9.12. The molecule has 0 N–H and O–H groups in total. The number of methoxy groups -OCH3 is 1. The van der Waals surface area contributed by atoms with Crippen LogP contribution < -0.4 is 9.47 Å². The van der Waals surface area contributed by atoms with E-state index >= 15 is 0 Å². The van der Waals surface area contributed by atoms with E-state index in [0.717, 1.165) is 21.8 Å². The third-order valence-electron chi connectivity index (χ3n) is 2.81. The molecule has 0 saturated heterocycles. The molecule has 21 heavy (non-hydrogen) atoms. The van der Waals surface area contributed by atoms with E-state index < -0.39 is 9.05 Å². The van der Waals surface area contributed by atoms with Crippen molar-refractivity contribution >= 4 is 51.6 Å². The van der Waals surface area contributed by atoms with E-state index in [-0.39, 0.29) is 18.3 Å². The van der Waals surface area contributed by atoms with Crippen LogP contribution in [0.2, 0.25) is 0 Å². The molecule has 0 aliphatic rings. The third-order valence-corrected chi connectivity index (χ3v) is 5.30. The molecule has 4 nitrogen and oxygen atoms in total. The van der Waals surface area contributed by atoms with Gasteiger partial charge in [-0.25, -0.2) is 8.42 Å². The minimum absolute atomic E-state index is 0.0860. The fourth-order valence-corrected chi connectivity index (χ4v) is 4.17. The highest BCUT2D eigenvalue weighted by atomic mass is 79.9. The summed E-state index contributed by atoms with van der Waals surface area (Å²) in [4.78, 5) is 0. The molecule has 0 aromatic heterocycles. The summed E-state index contributed by atoms with van der Waals surface area (Å²) in [6, 6.07) is 3.56. The van der Waals surface area contributed by atoms with Gasteiger partial charge < -0.3 is 9.47 Å². The van der Waals surface area contributed by atoms with Crippen LogP contribution in [0.5, 0.6) is 11.5 Å². The van der Waals surface area contributed by atoms with Gasteiger partial charge in [0.05, 0.1) is 28.4 Å². The summed E-state index contributed by atoms with van der Waals surface area (Å²) in [5.41, 5.74) is 0. The zero-order chi connectivity index (χ0) is 16.0. The second-order valence-electron chi connectivity index (χ2n) is 4.59. The molecule has 0 fully saturated rings. The largest absolute Gasteiger partial charge is 0.496 e. The van der Waals surface area contributed by atoms with Gasteiger partial charge in [0, 0.05) is 16.6 Å². The first-order valence-electron chi connectivity index (χ1n) is 6.35. The number of hydrogen-bond donors (Lipinski definition) is 0. The van der Waals surface area contributed by atoms with E-state index in [9.17, 15) is 8.42 Å². The Kier molecular flexibility index (Phi) is 7.81. The molecule has 0 saturated carbocycles. The molecule has 1 atom stereocenters. The smallest absolute Gasteiger partial charge is 0.232 e. The van der Waals surface area contributed by atoms with Crippen LogP contribution in [0.25, 0.3) is 0 Å². The predicted molar refractivity (Wildman–Crippen MR) is 91.9 cm³/mol. The average molecular weight is 465 g/mol. The Bertz CT molecular complexity index is 578. The lowest BCUT2D eigenvalue weighted by Gasteiger charge is -2.17. The lowest BCUT2D eigenvalue weighted by molar-refractivity contribution is 0.251. The molecule has 8 heteroatoms. The number of rotatable bonds is 8. The highest BCUT2D eigenvalue weighted by Crippen LogP contribution is 2.36. The summed E-state index contributed by atoms with van der Waals surface area (Å²) < 4.78 is 34.8. The Hall–Kier alpha value is 0.0200. The van der Waals surface area contributed by atoms with E-state index in [2.05, 4.69) is 31.9 Å². The standard InChI is InChI=1S/C13H17Br2ClO4S/c1-3-4-9(8-21(16,17)18)7-20-13-6-10(14)12(19-2)5-11(13)15/h5-6,9H,3-4,7-8H2,1-2H3. The highest BCUT2D eigenvalue weighted by Gasteiger charge is 2.18. The predicted octanol–water partition coefficient (Wildman–Crippen LogP) is 4.58. The molecular formula is C13H17Br2ClO4S. The second kappa shape index (κ2) is 8.60. The van der Waals surface area contributed by atoms with Crippen LogP contribution in [0, 0.1) is 5.92 Å². The number of halogens is 3. The van der Waals surface area contributed by atoms with Gasteiger partial charge in [0.1, 0.15) is 11.5 Å². The Labute approximate surface area is 146 Å². The van der Waals surface area contributed by atoms with Gasteiger partial charge in [-0.1, -0.05) is 13.3 Å². The van der Waals surface area contributed by atoms with Crippen molar-refractivity contribution in [2.45, 2.75) is 19.8 Å². The van der Waals surface area contributed by atoms with Crippen molar-refractivity contribution in [2.75, 3.05) is 19.5 Å². The maximum absolute atomic E-state index is 11.2. The van der Waals surface area contributed by atoms with Crippen molar-refractivity contribution < 1.29 is 17.9 Å². The third kappa shape index (κ3) is 6.76. The molecule has 120 valence electrons. The first kappa shape index (κ1) is 19.1. The monoisotopic (exact) mass is 462 g/mol. The first-order chi connectivity index (χ1) is 9.76. The topological polar surface area (TPSA) is 52.6 Å². The van der Waals surface area contributed by atoms with E-state index in [0.29, 0.717) is 11.5 Å². The van der Waals surface area contributed by atoms with Crippen molar-refractivity contribution in [1.29, 1.82) is 0 Å². The van der Waals surface area contributed by atoms with Gasteiger partial charge >= 0.3 is 0 Å². The van der Waals surface area contributed by atoms with Gasteiger partial charge in [0.25, 0.3) is 0 Å². The number of benzene rings is 1. The van der Waals surface area contributed by atoms with Crippen molar-refractivity contribution in [3.8, 4) is 11.5 Å². The van der Waals surface area contributed by atoms with Crippen LogP contribution in [0.1, 0.15) is 19.8 Å². The van der Waals surface area contributed by atoms with Gasteiger partial charge in [0.2, 0.25) is 9.05 Å². The molecule has 0 heterocycles. The van der Waals surface area contributed by atoms with Gasteiger partial charge in [-0.05, 0) is 50.4 Å². The van der Waals surface area contributed by atoms with Crippen LogP contribution in [-0.2, 0) is 9.05 Å². The van der Waals surface area contributed by atoms with E-state index in [4.69, 9.17) is 20.2 Å². The quantitative estimate of drug-likeness (QED) is 0.529. The molecular weight excluding hydrogens is 447 g/mol. The molecule has 0 radical (unpaired) electrons. The van der Waals surface area contributed by atoms with Crippen LogP contribution in [-0.4, -0.2) is 27.9 Å². The van der Waals surface area contributed by atoms with E-state index in [1.54, 1.807) is 19.2 Å². The Morgan fingerprint density at radius 3 is 2.33 bits per heavy atom. The molecule has 1 aromatic rings. The summed E-state index contributed by atoms with van der Waals surface area (Å²) in [5.74, 6) is 1.08. The van der Waals surface area contributed by atoms with E-state index in [1.165, 1.54) is 0 Å². The van der Waals surface area contributed by atoms with Crippen LogP contribution in [0.4, 0.5) is 0 Å². The first-order valence-corrected chi connectivity index (χ1v) is 10.4. The highest BCUT2D eigenvalue weighted by molar-refractivity contribution is 9.11. The molecule has 1 rings (SSSR count). The van der Waals surface area contributed by atoms with Crippen LogP contribution in [0.15, 0.2) is 21.1 Å². The van der Waals surface area contributed by atoms with Crippen LogP contribution in [0.3, 0.4) is 0 Å². The lowest BCUT2D eigenvalue weighted by Crippen LogP contribution is -2.19. The zero-order valence-electron chi connectivity index (χ0n) is 11.7. The van der Waals surface area contributed by atoms with Crippen molar-refractivity contribution in [1.82, 2.24) is 0 Å². The molecule has 0 spiro atoms. The molecule has 0 amide bonds. The summed E-state index contributed by atoms with van der Waals surface area (Å²) in [6.45, 7) is 2.28. The summed E-state index contributed by atoms with van der Waals surface area (Å²) in [7, 11) is 3.38. The number of hydrogen-bond acceptors (Lipinski definition) is 4. The minimum Gasteiger partial charge on any atom is -0.496 e. The van der Waals surface area contributed by atoms with Gasteiger partial charge in [-0.2, -0.15) is 0 Å². The molecule has 0 bridgehead atoms. The van der Waals surface area contributed by atoms with Gasteiger partial charge in [-0.15, -0.1) is 0 Å². The Morgan fingerprint density at radius 1 is 1.24 bits per heavy atom. The Balaban J connectivity index is 2.78. The summed E-state index contributed by atoms with van der Waals surface area (Å²) in [5, 5.41) is 0. The maximum atomic E-state index is 11.2. The van der Waals surface area contributed by atoms with Gasteiger partial charge in [0.15, 0.2) is 0 Å². The molecule has 0 aliphatic carbocycles. The zero-order valence-corrected chi connectivity index (χ0v) is 16.5. The van der Waals surface area contributed by atoms with Crippen molar-refractivity contribution in [2.24, 2.45) is 5.92 Å². The van der Waals surface area contributed by atoms with Crippen LogP contribution >= 0.6 is 42.5 Å². The van der Waals surface area contributed by atoms with Crippen molar-refractivity contribution in [3.63, 3.8) is 0 Å². The van der Waals surface area contributed by atoms with E-state index in [1.807, 2.05) is 6.92 Å². The fourth-order valence-electron chi connectivity index (χ4n) is 1.89. The molecule has 1 aromatic carbocycles. The summed E-state index contributed by atoms with van der Waals surface area (Å²) in [6.07, 6.45) is 1.61. The maximum Gasteiger partial charge on any atom is 0.232 e. The Morgan fingerprint density at radius 2 is 1.81 bits per heavy atom. The normalized spacial score (nSPS) is 13.0. The fraction of sp³-hybridized carbons (Fsp3) is 0.538. The molecule has 1 unspecified atom stereocenters. The lowest BCUT2D eigenvalue weighted by atomic mass is 10.1. The minimum atomic E-state index is -3.53.